The summed E-state index contributed by atoms with van der Waals surface area (Å²) in [6, 6.07) is 14.4. The van der Waals surface area contributed by atoms with E-state index in [1.807, 2.05) is 18.2 Å². The minimum Gasteiger partial charge on any atom is -0.482 e. The predicted octanol–water partition coefficient (Wildman–Crippen LogP) is 3.52. The molecule has 9 heteroatoms. The van der Waals surface area contributed by atoms with E-state index >= 15 is 0 Å². The summed E-state index contributed by atoms with van der Waals surface area (Å²) in [4.78, 5) is 12.8. The van der Waals surface area contributed by atoms with Crippen LogP contribution in [0.3, 0.4) is 0 Å². The molecule has 2 heterocycles. The molecule has 0 radical (unpaired) electrons. The number of rotatable bonds is 5. The van der Waals surface area contributed by atoms with Crippen LogP contribution in [-0.4, -0.2) is 32.3 Å². The van der Waals surface area contributed by atoms with Gasteiger partial charge in [0.2, 0.25) is 4.96 Å². The molecule has 2 aromatic carbocycles. The Morgan fingerprint density at radius 1 is 1.23 bits per heavy atom. The van der Waals surface area contributed by atoms with Gasteiger partial charge in [0, 0.05) is 11.3 Å². The molecule has 0 spiro atoms. The molecular formula is C17H12ClN5O2S. The first-order valence-corrected chi connectivity index (χ1v) is 8.83. The molecule has 0 saturated heterocycles. The zero-order valence-electron chi connectivity index (χ0n) is 13.3. The molecule has 7 nitrogen and oxygen atoms in total. The second-order valence-corrected chi connectivity index (χ2v) is 6.68. The number of fused-ring (bicyclic) bond motifs is 1. The van der Waals surface area contributed by atoms with Crippen LogP contribution >= 0.6 is 22.9 Å². The van der Waals surface area contributed by atoms with Crippen LogP contribution in [-0.2, 0) is 4.79 Å². The third kappa shape index (κ3) is 3.51. The average Bonchev–Trinajstić information content (AvgIpc) is 3.23. The van der Waals surface area contributed by atoms with Gasteiger partial charge in [0.15, 0.2) is 6.61 Å². The summed E-state index contributed by atoms with van der Waals surface area (Å²) < 4.78 is 7.06. The molecule has 4 aromatic rings. The quantitative estimate of drug-likeness (QED) is 0.568. The summed E-state index contributed by atoms with van der Waals surface area (Å²) in [5, 5.41) is 16.2. The molecule has 130 valence electrons. The number of hydrogen-bond acceptors (Lipinski definition) is 6. The fraction of sp³-hybridized carbons (Fsp3) is 0.0588. The van der Waals surface area contributed by atoms with Crippen LogP contribution in [0.25, 0.3) is 15.5 Å². The zero-order valence-corrected chi connectivity index (χ0v) is 14.9. The normalized spacial score (nSPS) is 10.8. The summed E-state index contributed by atoms with van der Waals surface area (Å²) in [5.74, 6) is 0.193. The van der Waals surface area contributed by atoms with Gasteiger partial charge < -0.3 is 10.1 Å². The third-order valence-electron chi connectivity index (χ3n) is 3.48. The first kappa shape index (κ1) is 16.5. The largest absolute Gasteiger partial charge is 0.482 e. The highest BCUT2D eigenvalue weighted by Gasteiger charge is 2.10. The van der Waals surface area contributed by atoms with E-state index < -0.39 is 0 Å². The van der Waals surface area contributed by atoms with Gasteiger partial charge in [0.1, 0.15) is 17.1 Å². The fourth-order valence-electron chi connectivity index (χ4n) is 2.31. The molecular weight excluding hydrogens is 374 g/mol. The molecule has 0 atom stereocenters. The fourth-order valence-corrected chi connectivity index (χ4v) is 3.31. The van der Waals surface area contributed by atoms with E-state index in [0.717, 1.165) is 10.6 Å². The van der Waals surface area contributed by atoms with Crippen molar-refractivity contribution >= 4 is 39.5 Å². The van der Waals surface area contributed by atoms with Crippen LogP contribution in [0.1, 0.15) is 0 Å². The number of nitrogens with one attached hydrogen (secondary N) is 1. The number of carbonyl (C=O) groups is 1. The van der Waals surface area contributed by atoms with Gasteiger partial charge in [-0.25, -0.2) is 0 Å². The van der Waals surface area contributed by atoms with Crippen molar-refractivity contribution in [2.45, 2.75) is 0 Å². The van der Waals surface area contributed by atoms with Gasteiger partial charge >= 0.3 is 0 Å². The minimum absolute atomic E-state index is 0.134. The number of anilines is 1. The van der Waals surface area contributed by atoms with Gasteiger partial charge in [0.05, 0.1) is 5.02 Å². The Morgan fingerprint density at radius 3 is 2.96 bits per heavy atom. The SMILES string of the molecule is O=C(COc1ccccc1Cl)Nc1cccc(-c2nn3cnnc3s2)c1. The molecule has 26 heavy (non-hydrogen) atoms. The van der Waals surface area contributed by atoms with Crippen molar-refractivity contribution < 1.29 is 9.53 Å². The van der Waals surface area contributed by atoms with E-state index in [1.165, 1.54) is 11.3 Å². The summed E-state index contributed by atoms with van der Waals surface area (Å²) in [5.41, 5.74) is 1.53. The smallest absolute Gasteiger partial charge is 0.262 e. The van der Waals surface area contributed by atoms with Crippen molar-refractivity contribution in [2.24, 2.45) is 0 Å². The van der Waals surface area contributed by atoms with Gasteiger partial charge in [-0.3, -0.25) is 4.79 Å². The Kier molecular flexibility index (Phi) is 4.51. The molecule has 0 saturated carbocycles. The van der Waals surface area contributed by atoms with E-state index in [9.17, 15) is 4.79 Å². The monoisotopic (exact) mass is 385 g/mol. The lowest BCUT2D eigenvalue weighted by Crippen LogP contribution is -2.20. The number of amides is 1. The summed E-state index contributed by atoms with van der Waals surface area (Å²) in [7, 11) is 0. The predicted molar refractivity (Wildman–Crippen MR) is 99.7 cm³/mol. The number of halogens is 1. The number of para-hydroxylation sites is 1. The van der Waals surface area contributed by atoms with Crippen LogP contribution in [0.15, 0.2) is 54.9 Å². The maximum atomic E-state index is 12.1. The second kappa shape index (κ2) is 7.11. The highest BCUT2D eigenvalue weighted by molar-refractivity contribution is 7.19. The average molecular weight is 386 g/mol. The Balaban J connectivity index is 1.44. The number of aromatic nitrogens is 4. The van der Waals surface area contributed by atoms with Crippen molar-refractivity contribution in [1.82, 2.24) is 19.8 Å². The van der Waals surface area contributed by atoms with Gasteiger partial charge in [-0.05, 0) is 24.3 Å². The van der Waals surface area contributed by atoms with Crippen molar-refractivity contribution in [1.29, 1.82) is 0 Å². The zero-order chi connectivity index (χ0) is 17.9. The number of hydrogen-bond donors (Lipinski definition) is 1. The number of ether oxygens (including phenoxy) is 1. The Labute approximate surface area is 157 Å². The van der Waals surface area contributed by atoms with Crippen molar-refractivity contribution in [3.8, 4) is 16.3 Å². The highest BCUT2D eigenvalue weighted by atomic mass is 35.5. The van der Waals surface area contributed by atoms with Crippen LogP contribution in [0, 0.1) is 0 Å². The van der Waals surface area contributed by atoms with E-state index in [4.69, 9.17) is 16.3 Å². The lowest BCUT2D eigenvalue weighted by Gasteiger charge is -2.09. The molecule has 0 aliphatic carbocycles. The lowest BCUT2D eigenvalue weighted by molar-refractivity contribution is -0.118. The van der Waals surface area contributed by atoms with Crippen molar-refractivity contribution in [3.05, 3.63) is 59.9 Å². The van der Waals surface area contributed by atoms with Crippen LogP contribution < -0.4 is 10.1 Å². The molecule has 0 unspecified atom stereocenters. The van der Waals surface area contributed by atoms with Gasteiger partial charge in [-0.15, -0.1) is 10.2 Å². The molecule has 0 fully saturated rings. The van der Waals surface area contributed by atoms with Crippen LogP contribution in [0.2, 0.25) is 5.02 Å². The summed E-state index contributed by atoms with van der Waals surface area (Å²) in [6.45, 7) is -0.134. The molecule has 0 aliphatic rings. The second-order valence-electron chi connectivity index (χ2n) is 5.31. The van der Waals surface area contributed by atoms with Gasteiger partial charge in [-0.2, -0.15) is 9.61 Å². The van der Waals surface area contributed by atoms with Crippen molar-refractivity contribution in [2.75, 3.05) is 11.9 Å². The molecule has 0 bridgehead atoms. The first-order chi connectivity index (χ1) is 12.7. The third-order valence-corrected chi connectivity index (χ3v) is 4.75. The van der Waals surface area contributed by atoms with E-state index in [2.05, 4.69) is 20.6 Å². The molecule has 1 N–H and O–H groups in total. The Bertz CT molecular complexity index is 1050. The maximum Gasteiger partial charge on any atom is 0.262 e. The minimum atomic E-state index is -0.278. The number of benzene rings is 2. The Morgan fingerprint density at radius 2 is 2.12 bits per heavy atom. The van der Waals surface area contributed by atoms with E-state index in [0.29, 0.717) is 21.4 Å². The van der Waals surface area contributed by atoms with Crippen molar-refractivity contribution in [3.63, 3.8) is 0 Å². The maximum absolute atomic E-state index is 12.1. The summed E-state index contributed by atoms with van der Waals surface area (Å²) >= 11 is 7.43. The van der Waals surface area contributed by atoms with E-state index in [-0.39, 0.29) is 12.5 Å². The van der Waals surface area contributed by atoms with E-state index in [1.54, 1.807) is 41.2 Å². The molecule has 2 aromatic heterocycles. The van der Waals surface area contributed by atoms with Crippen LogP contribution in [0.4, 0.5) is 5.69 Å². The lowest BCUT2D eigenvalue weighted by atomic mass is 10.2. The molecule has 0 aliphatic heterocycles. The number of carbonyl (C=O) groups excluding carboxylic acids is 1. The molecule has 4 rings (SSSR count). The van der Waals surface area contributed by atoms with Gasteiger partial charge in [0.25, 0.3) is 5.91 Å². The Hall–Kier alpha value is -2.97. The first-order valence-electron chi connectivity index (χ1n) is 7.63. The topological polar surface area (TPSA) is 81.4 Å². The summed E-state index contributed by atoms with van der Waals surface area (Å²) in [6.07, 6.45) is 1.55. The van der Waals surface area contributed by atoms with Gasteiger partial charge in [-0.1, -0.05) is 47.2 Å². The molecule has 1 amide bonds. The number of nitrogens with zero attached hydrogens (tertiary/aromatic N) is 4. The van der Waals surface area contributed by atoms with Crippen LogP contribution in [0.5, 0.6) is 5.75 Å². The highest BCUT2D eigenvalue weighted by Crippen LogP contribution is 2.27. The standard InChI is InChI=1S/C17H12ClN5O2S/c18-13-6-1-2-7-14(13)25-9-15(24)20-12-5-3-4-11(8-12)16-22-23-10-19-21-17(23)26-16/h1-8,10H,9H2,(H,20,24).